The van der Waals surface area contributed by atoms with Crippen molar-refractivity contribution in [3.8, 4) is 17.0 Å². The highest BCUT2D eigenvalue weighted by molar-refractivity contribution is 9.10. The number of fused-ring (bicyclic) bond motifs is 1. The van der Waals surface area contributed by atoms with E-state index >= 15 is 0 Å². The van der Waals surface area contributed by atoms with E-state index < -0.39 is 16.1 Å². The number of benzene rings is 2. The van der Waals surface area contributed by atoms with Gasteiger partial charge in [0.15, 0.2) is 0 Å². The van der Waals surface area contributed by atoms with E-state index in [9.17, 15) is 13.2 Å². The minimum Gasteiger partial charge on any atom is -0.465 e. The average Bonchev–Trinajstić information content (AvgIpc) is 3.17. The molecule has 4 rings (SSSR count). The van der Waals surface area contributed by atoms with Crippen molar-refractivity contribution < 1.29 is 22.1 Å². The maximum absolute atomic E-state index is 12.9. The molecule has 8 nitrogen and oxygen atoms in total. The summed E-state index contributed by atoms with van der Waals surface area (Å²) >= 11 is 15.4. The van der Waals surface area contributed by atoms with E-state index in [1.807, 2.05) is 6.07 Å². The van der Waals surface area contributed by atoms with Crippen molar-refractivity contribution in [3.05, 3.63) is 75.3 Å². The monoisotopic (exact) mass is 597 g/mol. The highest BCUT2D eigenvalue weighted by Gasteiger charge is 2.22. The van der Waals surface area contributed by atoms with Gasteiger partial charge < -0.3 is 14.2 Å². The van der Waals surface area contributed by atoms with Gasteiger partial charge in [-0.15, -0.1) is 0 Å². The van der Waals surface area contributed by atoms with E-state index in [1.165, 1.54) is 30.3 Å². The summed E-state index contributed by atoms with van der Waals surface area (Å²) in [5.41, 5.74) is 1.65. The first kappa shape index (κ1) is 25.3. The SMILES string of the molecule is CCOC(=O)CNc1c(-c2cccc(OS(=O)(=O)c3cc(Cl)ccc3Cl)c2)nc2ccc(Br)cn12. The molecule has 0 aliphatic carbocycles. The number of hydrogen-bond donors (Lipinski definition) is 1. The molecule has 0 bridgehead atoms. The Morgan fingerprint density at radius 1 is 1.14 bits per heavy atom. The Morgan fingerprint density at radius 3 is 2.71 bits per heavy atom. The third kappa shape index (κ3) is 5.72. The lowest BCUT2D eigenvalue weighted by atomic mass is 10.1. The molecular weight excluding hydrogens is 581 g/mol. The zero-order valence-electron chi connectivity index (χ0n) is 18.2. The van der Waals surface area contributed by atoms with Gasteiger partial charge in [-0.3, -0.25) is 9.20 Å². The molecule has 2 heterocycles. The van der Waals surface area contributed by atoms with Crippen molar-refractivity contribution in [2.75, 3.05) is 18.5 Å². The Morgan fingerprint density at radius 2 is 1.94 bits per heavy atom. The van der Waals surface area contributed by atoms with Gasteiger partial charge in [0.05, 0.1) is 11.6 Å². The van der Waals surface area contributed by atoms with Crippen molar-refractivity contribution >= 4 is 66.7 Å². The number of rotatable bonds is 8. The fraction of sp³-hybridized carbons (Fsp3) is 0.130. The summed E-state index contributed by atoms with van der Waals surface area (Å²) in [5.74, 6) is 0.144. The van der Waals surface area contributed by atoms with Crippen LogP contribution in [0, 0.1) is 0 Å². The summed E-state index contributed by atoms with van der Waals surface area (Å²) in [6, 6.07) is 14.1. The number of aromatic nitrogens is 2. The minimum atomic E-state index is -4.26. The molecular formula is C23H18BrCl2N3O5S. The van der Waals surface area contributed by atoms with Crippen molar-refractivity contribution in [1.82, 2.24) is 9.38 Å². The van der Waals surface area contributed by atoms with Crippen LogP contribution in [0.5, 0.6) is 5.75 Å². The summed E-state index contributed by atoms with van der Waals surface area (Å²) in [7, 11) is -4.26. The number of ether oxygens (including phenoxy) is 1. The molecule has 0 saturated carbocycles. The summed E-state index contributed by atoms with van der Waals surface area (Å²) in [6.07, 6.45) is 1.80. The molecule has 0 spiro atoms. The lowest BCUT2D eigenvalue weighted by molar-refractivity contribution is -0.140. The van der Waals surface area contributed by atoms with E-state index in [1.54, 1.807) is 35.7 Å². The van der Waals surface area contributed by atoms with Crippen LogP contribution in [0.25, 0.3) is 16.9 Å². The Balaban J connectivity index is 1.72. The van der Waals surface area contributed by atoms with Crippen LogP contribution >= 0.6 is 39.1 Å². The van der Waals surface area contributed by atoms with Crippen molar-refractivity contribution in [2.45, 2.75) is 11.8 Å². The molecule has 2 aromatic carbocycles. The molecule has 4 aromatic rings. The van der Waals surface area contributed by atoms with Crippen LogP contribution in [-0.2, 0) is 19.6 Å². The molecule has 182 valence electrons. The zero-order valence-corrected chi connectivity index (χ0v) is 22.1. The number of carbonyl (C=O) groups excluding carboxylic acids is 1. The van der Waals surface area contributed by atoms with Crippen LogP contribution in [0.15, 0.2) is 70.2 Å². The molecule has 0 amide bonds. The lowest BCUT2D eigenvalue weighted by Gasteiger charge is -2.11. The van der Waals surface area contributed by atoms with Crippen LogP contribution in [0.3, 0.4) is 0 Å². The summed E-state index contributed by atoms with van der Waals surface area (Å²) in [4.78, 5) is 16.4. The van der Waals surface area contributed by atoms with Crippen molar-refractivity contribution in [1.29, 1.82) is 0 Å². The number of esters is 1. The third-order valence-electron chi connectivity index (χ3n) is 4.76. The number of carbonyl (C=O) groups is 1. The van der Waals surface area contributed by atoms with E-state index in [2.05, 4.69) is 26.2 Å². The molecule has 12 heteroatoms. The largest absolute Gasteiger partial charge is 0.465 e. The molecule has 2 aromatic heterocycles. The second kappa shape index (κ2) is 10.4. The second-order valence-corrected chi connectivity index (χ2v) is 10.5. The van der Waals surface area contributed by atoms with Gasteiger partial charge in [-0.1, -0.05) is 35.3 Å². The van der Waals surface area contributed by atoms with Crippen LogP contribution in [-0.4, -0.2) is 36.9 Å². The van der Waals surface area contributed by atoms with E-state index in [0.29, 0.717) is 22.7 Å². The van der Waals surface area contributed by atoms with E-state index in [-0.39, 0.29) is 33.8 Å². The lowest BCUT2D eigenvalue weighted by Crippen LogP contribution is -2.17. The van der Waals surface area contributed by atoms with Gasteiger partial charge in [0.25, 0.3) is 0 Å². The van der Waals surface area contributed by atoms with E-state index in [0.717, 1.165) is 4.47 Å². The second-order valence-electron chi connectivity index (χ2n) is 7.18. The molecule has 0 aliphatic rings. The summed E-state index contributed by atoms with van der Waals surface area (Å²) < 4.78 is 38.6. The number of halogens is 3. The minimum absolute atomic E-state index is 0.0121. The van der Waals surface area contributed by atoms with Gasteiger partial charge >= 0.3 is 16.1 Å². The molecule has 35 heavy (non-hydrogen) atoms. The van der Waals surface area contributed by atoms with Gasteiger partial charge in [-0.05, 0) is 65.3 Å². The topological polar surface area (TPSA) is 99.0 Å². The highest BCUT2D eigenvalue weighted by atomic mass is 79.9. The number of hydrogen-bond acceptors (Lipinski definition) is 7. The first-order valence-corrected chi connectivity index (χ1v) is 13.2. The Kier molecular flexibility index (Phi) is 7.56. The van der Waals surface area contributed by atoms with Gasteiger partial charge in [0.2, 0.25) is 0 Å². The molecule has 0 unspecified atom stereocenters. The first-order valence-electron chi connectivity index (χ1n) is 10.2. The average molecular weight is 599 g/mol. The predicted molar refractivity (Wildman–Crippen MR) is 138 cm³/mol. The zero-order chi connectivity index (χ0) is 25.2. The predicted octanol–water partition coefficient (Wildman–Crippen LogP) is 5.81. The van der Waals surface area contributed by atoms with Gasteiger partial charge in [-0.25, -0.2) is 4.98 Å². The van der Waals surface area contributed by atoms with Crippen LogP contribution in [0.2, 0.25) is 10.0 Å². The number of imidazole rings is 1. The molecule has 0 radical (unpaired) electrons. The Labute approximate surface area is 220 Å². The third-order valence-corrected chi connectivity index (χ3v) is 7.20. The number of nitrogens with one attached hydrogen (secondary N) is 1. The number of anilines is 1. The highest BCUT2D eigenvalue weighted by Crippen LogP contribution is 2.33. The summed E-state index contributed by atoms with van der Waals surface area (Å²) in [6.45, 7) is 1.90. The van der Waals surface area contributed by atoms with Gasteiger partial charge in [0.1, 0.15) is 34.3 Å². The van der Waals surface area contributed by atoms with Crippen molar-refractivity contribution in [2.24, 2.45) is 0 Å². The molecule has 1 N–H and O–H groups in total. The molecule has 0 atom stereocenters. The fourth-order valence-corrected chi connectivity index (χ4v) is 5.29. The van der Waals surface area contributed by atoms with Gasteiger partial charge in [0, 0.05) is 21.3 Å². The van der Waals surface area contributed by atoms with Gasteiger partial charge in [-0.2, -0.15) is 8.42 Å². The van der Waals surface area contributed by atoms with Crippen LogP contribution in [0.4, 0.5) is 5.82 Å². The Hall–Kier alpha value is -2.79. The molecule has 0 aliphatic heterocycles. The quantitative estimate of drug-likeness (QED) is 0.202. The summed E-state index contributed by atoms with van der Waals surface area (Å²) in [5, 5.41) is 3.26. The van der Waals surface area contributed by atoms with Crippen LogP contribution < -0.4 is 9.50 Å². The van der Waals surface area contributed by atoms with Crippen LogP contribution in [0.1, 0.15) is 6.92 Å². The number of nitrogens with zero attached hydrogens (tertiary/aromatic N) is 2. The maximum atomic E-state index is 12.9. The smallest absolute Gasteiger partial charge is 0.340 e. The molecule has 0 fully saturated rings. The number of pyridine rings is 1. The van der Waals surface area contributed by atoms with E-state index in [4.69, 9.17) is 32.1 Å². The molecule has 0 saturated heterocycles. The fourth-order valence-electron chi connectivity index (χ4n) is 3.29. The first-order chi connectivity index (χ1) is 16.7. The maximum Gasteiger partial charge on any atom is 0.340 e. The standard InChI is InChI=1S/C23H18BrCl2N3O5S/c1-2-33-21(30)12-27-23-22(28-20-9-6-15(24)13-29(20)23)14-4-3-5-17(10-14)34-35(31,32)19-11-16(25)7-8-18(19)26/h3-11,13,27H,2,12H2,1H3. The Bertz CT molecular complexity index is 1530. The van der Waals surface area contributed by atoms with Crippen molar-refractivity contribution in [3.63, 3.8) is 0 Å². The normalized spacial score (nSPS) is 11.4.